The summed E-state index contributed by atoms with van der Waals surface area (Å²) in [4.78, 5) is 0. The summed E-state index contributed by atoms with van der Waals surface area (Å²) in [6.45, 7) is 4.04. The van der Waals surface area contributed by atoms with Crippen molar-refractivity contribution >= 4 is 11.6 Å². The predicted octanol–water partition coefficient (Wildman–Crippen LogP) is 3.42. The van der Waals surface area contributed by atoms with Crippen molar-refractivity contribution in [2.24, 2.45) is 0 Å². The van der Waals surface area contributed by atoms with E-state index in [1.54, 1.807) is 18.2 Å². The minimum Gasteiger partial charge on any atom is -0.491 e. The highest BCUT2D eigenvalue weighted by atomic mass is 35.5. The molecule has 1 atom stereocenters. The Hall–Kier alpha value is -1.40. The largest absolute Gasteiger partial charge is 0.491 e. The molecule has 0 radical (unpaired) electrons. The number of nitriles is 1. The van der Waals surface area contributed by atoms with E-state index in [9.17, 15) is 0 Å². The van der Waals surface area contributed by atoms with Gasteiger partial charge in [0.15, 0.2) is 6.61 Å². The van der Waals surface area contributed by atoms with Crippen molar-refractivity contribution in [3.8, 4) is 17.6 Å². The highest BCUT2D eigenvalue weighted by Gasteiger charge is 2.06. The van der Waals surface area contributed by atoms with E-state index in [1.807, 2.05) is 13.0 Å². The summed E-state index contributed by atoms with van der Waals surface area (Å²) >= 11 is 5.98. The molecule has 0 bridgehead atoms. The number of ether oxygens (including phenoxy) is 2. The first-order valence-corrected chi connectivity index (χ1v) is 5.51. The average molecular weight is 240 g/mol. The molecule has 0 aromatic heterocycles. The fourth-order valence-corrected chi connectivity index (χ4v) is 1.32. The lowest BCUT2D eigenvalue weighted by atomic mass is 10.3. The standard InChI is InChI=1S/C12H14ClNO2/c1-3-9(2)16-10-4-5-12(11(13)8-10)15-7-6-14/h4-5,8-9H,3,7H2,1-2H3. The molecule has 86 valence electrons. The first-order valence-electron chi connectivity index (χ1n) is 5.13. The van der Waals surface area contributed by atoms with Crippen molar-refractivity contribution in [1.29, 1.82) is 5.26 Å². The van der Waals surface area contributed by atoms with Crippen LogP contribution in [-0.4, -0.2) is 12.7 Å². The van der Waals surface area contributed by atoms with E-state index < -0.39 is 0 Å². The molecular formula is C12H14ClNO2. The van der Waals surface area contributed by atoms with Gasteiger partial charge >= 0.3 is 0 Å². The van der Waals surface area contributed by atoms with E-state index in [0.717, 1.165) is 6.42 Å². The second kappa shape index (κ2) is 6.24. The van der Waals surface area contributed by atoms with Crippen LogP contribution in [0.4, 0.5) is 0 Å². The van der Waals surface area contributed by atoms with Crippen LogP contribution in [0.2, 0.25) is 5.02 Å². The third-order valence-electron chi connectivity index (χ3n) is 2.11. The number of hydrogen-bond acceptors (Lipinski definition) is 3. The van der Waals surface area contributed by atoms with Crippen LogP contribution in [0.1, 0.15) is 20.3 Å². The molecule has 3 nitrogen and oxygen atoms in total. The summed E-state index contributed by atoms with van der Waals surface area (Å²) < 4.78 is 10.7. The fraction of sp³-hybridized carbons (Fsp3) is 0.417. The molecule has 1 rings (SSSR count). The number of hydrogen-bond donors (Lipinski definition) is 0. The van der Waals surface area contributed by atoms with Crippen LogP contribution >= 0.6 is 11.6 Å². The number of benzene rings is 1. The van der Waals surface area contributed by atoms with Gasteiger partial charge in [-0.05, 0) is 25.5 Å². The van der Waals surface area contributed by atoms with Crippen molar-refractivity contribution < 1.29 is 9.47 Å². The van der Waals surface area contributed by atoms with Gasteiger partial charge in [0.1, 0.15) is 17.6 Å². The molecule has 1 unspecified atom stereocenters. The van der Waals surface area contributed by atoms with E-state index in [4.69, 9.17) is 26.3 Å². The lowest BCUT2D eigenvalue weighted by molar-refractivity contribution is 0.217. The van der Waals surface area contributed by atoms with Crippen LogP contribution in [-0.2, 0) is 0 Å². The second-order valence-corrected chi connectivity index (χ2v) is 3.78. The molecule has 0 aliphatic rings. The molecule has 0 amide bonds. The zero-order valence-corrected chi connectivity index (χ0v) is 10.1. The maximum absolute atomic E-state index is 8.38. The molecule has 0 aliphatic heterocycles. The van der Waals surface area contributed by atoms with Crippen LogP contribution in [0.5, 0.6) is 11.5 Å². The Morgan fingerprint density at radius 1 is 1.50 bits per heavy atom. The monoisotopic (exact) mass is 239 g/mol. The smallest absolute Gasteiger partial charge is 0.174 e. The minimum atomic E-state index is -0.00864. The molecule has 0 fully saturated rings. The summed E-state index contributed by atoms with van der Waals surface area (Å²) in [7, 11) is 0. The molecule has 0 N–H and O–H groups in total. The highest BCUT2D eigenvalue weighted by molar-refractivity contribution is 6.32. The first-order chi connectivity index (χ1) is 7.67. The van der Waals surface area contributed by atoms with Gasteiger partial charge in [0.2, 0.25) is 0 Å². The predicted molar refractivity (Wildman–Crippen MR) is 62.9 cm³/mol. The number of rotatable bonds is 5. The molecule has 1 aromatic rings. The fourth-order valence-electron chi connectivity index (χ4n) is 1.10. The summed E-state index contributed by atoms with van der Waals surface area (Å²) in [6.07, 6.45) is 1.09. The average Bonchev–Trinajstić information content (AvgIpc) is 2.28. The van der Waals surface area contributed by atoms with Crippen LogP contribution in [0.25, 0.3) is 0 Å². The van der Waals surface area contributed by atoms with Gasteiger partial charge in [-0.1, -0.05) is 18.5 Å². The first kappa shape index (κ1) is 12.7. The molecule has 1 aromatic carbocycles. The summed E-state index contributed by atoms with van der Waals surface area (Å²) in [5, 5.41) is 8.84. The Balaban J connectivity index is 2.71. The van der Waals surface area contributed by atoms with Gasteiger partial charge < -0.3 is 9.47 Å². The molecule has 16 heavy (non-hydrogen) atoms. The van der Waals surface area contributed by atoms with Gasteiger partial charge in [0.05, 0.1) is 11.1 Å². The maximum Gasteiger partial charge on any atom is 0.174 e. The van der Waals surface area contributed by atoms with Gasteiger partial charge in [-0.2, -0.15) is 5.26 Å². The van der Waals surface area contributed by atoms with E-state index in [-0.39, 0.29) is 12.7 Å². The highest BCUT2D eigenvalue weighted by Crippen LogP contribution is 2.29. The Labute approximate surface area is 101 Å². The van der Waals surface area contributed by atoms with Gasteiger partial charge in [0, 0.05) is 6.07 Å². The Bertz CT molecular complexity index is 387. The van der Waals surface area contributed by atoms with Crippen molar-refractivity contribution in [2.75, 3.05) is 6.61 Å². The van der Waals surface area contributed by atoms with E-state index in [1.165, 1.54) is 0 Å². The van der Waals surface area contributed by atoms with Crippen LogP contribution in [0, 0.1) is 11.3 Å². The third-order valence-corrected chi connectivity index (χ3v) is 2.40. The quantitative estimate of drug-likeness (QED) is 0.791. The Kier molecular flexibility index (Phi) is 4.94. The normalized spacial score (nSPS) is 11.6. The number of halogens is 1. The molecule has 0 aliphatic carbocycles. The van der Waals surface area contributed by atoms with Crippen molar-refractivity contribution in [2.45, 2.75) is 26.4 Å². The topological polar surface area (TPSA) is 42.2 Å². The zero-order valence-electron chi connectivity index (χ0n) is 9.37. The third kappa shape index (κ3) is 3.63. The SMILES string of the molecule is CCC(C)Oc1ccc(OCC#N)c(Cl)c1. The van der Waals surface area contributed by atoms with Crippen molar-refractivity contribution in [1.82, 2.24) is 0 Å². The Morgan fingerprint density at radius 2 is 2.25 bits per heavy atom. The summed E-state index contributed by atoms with van der Waals surface area (Å²) in [6, 6.07) is 7.07. The molecule has 0 heterocycles. The van der Waals surface area contributed by atoms with Gasteiger partial charge in [0.25, 0.3) is 0 Å². The van der Waals surface area contributed by atoms with Crippen LogP contribution in [0.15, 0.2) is 18.2 Å². The molecule has 0 saturated heterocycles. The lowest BCUT2D eigenvalue weighted by Gasteiger charge is -2.13. The maximum atomic E-state index is 8.38. The van der Waals surface area contributed by atoms with Gasteiger partial charge in [-0.15, -0.1) is 0 Å². The lowest BCUT2D eigenvalue weighted by Crippen LogP contribution is -2.09. The van der Waals surface area contributed by atoms with Crippen molar-refractivity contribution in [3.63, 3.8) is 0 Å². The molecule has 0 spiro atoms. The molecule has 4 heteroatoms. The van der Waals surface area contributed by atoms with Gasteiger partial charge in [-0.25, -0.2) is 0 Å². The van der Waals surface area contributed by atoms with E-state index in [2.05, 4.69) is 6.92 Å². The van der Waals surface area contributed by atoms with Gasteiger partial charge in [-0.3, -0.25) is 0 Å². The van der Waals surface area contributed by atoms with Crippen LogP contribution in [0.3, 0.4) is 0 Å². The van der Waals surface area contributed by atoms with E-state index >= 15 is 0 Å². The number of nitrogens with zero attached hydrogens (tertiary/aromatic N) is 1. The summed E-state index contributed by atoms with van der Waals surface area (Å²) in [5.41, 5.74) is 0. The molecular weight excluding hydrogens is 226 g/mol. The minimum absolute atomic E-state index is 0.00864. The van der Waals surface area contributed by atoms with E-state index in [0.29, 0.717) is 16.5 Å². The van der Waals surface area contributed by atoms with Crippen LogP contribution < -0.4 is 9.47 Å². The summed E-state index contributed by atoms with van der Waals surface area (Å²) in [5.74, 6) is 1.21. The Morgan fingerprint density at radius 3 is 2.81 bits per heavy atom. The second-order valence-electron chi connectivity index (χ2n) is 3.38. The molecule has 0 saturated carbocycles. The van der Waals surface area contributed by atoms with Crippen molar-refractivity contribution in [3.05, 3.63) is 23.2 Å². The zero-order chi connectivity index (χ0) is 12.0.